The molecule has 4 aromatic carbocycles. The number of carboxylic acid groups (broad SMARTS) is 4. The first-order valence-electron chi connectivity index (χ1n) is 23.9. The Morgan fingerprint density at radius 3 is 0.675 bits per heavy atom. The third-order valence-electron chi connectivity index (χ3n) is 11.0. The van der Waals surface area contributed by atoms with Gasteiger partial charge >= 0.3 is 34.1 Å². The number of ether oxygens (including phenoxy) is 2. The normalized spacial score (nSPS) is 10.3. The predicted molar refractivity (Wildman–Crippen MR) is 288 cm³/mol. The number of benzene rings is 4. The Balaban J connectivity index is 0.000000525. The van der Waals surface area contributed by atoms with Gasteiger partial charge in [-0.1, -0.05) is 24.3 Å². The van der Waals surface area contributed by atoms with E-state index in [9.17, 15) is 39.6 Å². The van der Waals surface area contributed by atoms with Gasteiger partial charge in [-0.05, 0) is 209 Å². The molecule has 8 aromatic rings. The summed E-state index contributed by atoms with van der Waals surface area (Å²) in [5.74, 6) is -3.29. The number of rotatable bonds is 16. The first kappa shape index (κ1) is 69.9. The molecule has 0 atom stereocenters. The Morgan fingerprint density at radius 2 is 0.537 bits per heavy atom. The van der Waals surface area contributed by atoms with E-state index < -0.39 is 23.9 Å². The van der Waals surface area contributed by atoms with Crippen molar-refractivity contribution in [2.24, 2.45) is 0 Å². The molecule has 20 heteroatoms. The second-order valence-electron chi connectivity index (χ2n) is 18.8. The van der Waals surface area contributed by atoms with Crippen molar-refractivity contribution < 1.29 is 94.2 Å². The van der Waals surface area contributed by atoms with E-state index in [1.807, 2.05) is 73.3 Å². The SMILES string of the molecule is CC(C)(C)N(Cc1ccccn1)Cc1ccccn1.CC(C)(C)N(Cc1ccccn1)Cc1ccccn1.O=C([O-])c1ccc(Oc2ccc(C(=O)[O-])cc2)cc1.O=C([O-])c1ccc(Oc2ccc(C(=O)[O-])cc2)cc1.[Mn+2].[Mn+2].[OH3+].[OH3+]. The molecule has 0 saturated heterocycles. The summed E-state index contributed by atoms with van der Waals surface area (Å²) in [4.78, 5) is 64.7. The number of nitrogens with zero attached hydrogens (tertiary/aromatic N) is 6. The van der Waals surface area contributed by atoms with Gasteiger partial charge in [0.2, 0.25) is 0 Å². The van der Waals surface area contributed by atoms with Crippen LogP contribution >= 0.6 is 0 Å². The second kappa shape index (κ2) is 34.7. The van der Waals surface area contributed by atoms with Crippen molar-refractivity contribution in [1.29, 1.82) is 0 Å². The average molecular weight is 1170 g/mol. The summed E-state index contributed by atoms with van der Waals surface area (Å²) in [6, 6.07) is 46.9. The summed E-state index contributed by atoms with van der Waals surface area (Å²) in [6.07, 6.45) is 7.38. The van der Waals surface area contributed by atoms with Crippen LogP contribution in [0.3, 0.4) is 0 Å². The number of carboxylic acids is 4. The van der Waals surface area contributed by atoms with E-state index in [1.54, 1.807) is 0 Å². The summed E-state index contributed by atoms with van der Waals surface area (Å²) in [6.45, 7) is 16.7. The minimum absolute atomic E-state index is 0. The van der Waals surface area contributed by atoms with Gasteiger partial charge < -0.3 is 60.0 Å². The Bertz CT molecular complexity index is 2640. The predicted octanol–water partition coefficient (Wildman–Crippen LogP) is 5.12. The summed E-state index contributed by atoms with van der Waals surface area (Å²) >= 11 is 0. The van der Waals surface area contributed by atoms with E-state index in [0.29, 0.717) is 23.0 Å². The number of aromatic carboxylic acids is 4. The second-order valence-corrected chi connectivity index (χ2v) is 18.8. The quantitative estimate of drug-likeness (QED) is 0.0896. The van der Waals surface area contributed by atoms with E-state index in [-0.39, 0.29) is 78.4 Å². The number of hydrogen-bond donors (Lipinski definition) is 0. The topological polar surface area (TPSA) is 303 Å². The molecule has 8 rings (SSSR count). The maximum Gasteiger partial charge on any atom is 2.00 e. The van der Waals surface area contributed by atoms with Crippen molar-refractivity contribution in [3.8, 4) is 23.0 Å². The maximum atomic E-state index is 10.6. The van der Waals surface area contributed by atoms with Crippen LogP contribution in [0.2, 0.25) is 0 Å². The van der Waals surface area contributed by atoms with Crippen LogP contribution in [-0.4, -0.2) is 64.7 Å². The number of carbonyl (C=O) groups excluding carboxylic acids is 4. The molecule has 0 saturated carbocycles. The van der Waals surface area contributed by atoms with Gasteiger partial charge in [0, 0.05) is 62.0 Å². The third-order valence-corrected chi connectivity index (χ3v) is 11.0. The standard InChI is InChI=1S/2C16H21N3.2C14H10O5.2Mn.2H2O/c2*1-16(2,3)19(12-14-8-4-6-10-17-14)13-15-9-5-7-11-18-15;2*15-13(16)9-1-5-11(6-2-9)19-12-7-3-10(4-8-12)14(17)18;;;;/h2*4-11H,12-13H2,1-3H3;2*1-8H,(H,15,16)(H,17,18);;;2*1H2/q;;;;2*+2;;/p-2. The number of carbonyl (C=O) groups is 4. The zero-order valence-corrected chi connectivity index (χ0v) is 47.3. The molecule has 418 valence electrons. The van der Waals surface area contributed by atoms with Crippen LogP contribution in [0.5, 0.6) is 23.0 Å². The van der Waals surface area contributed by atoms with E-state index in [4.69, 9.17) is 9.47 Å². The van der Waals surface area contributed by atoms with Crippen LogP contribution in [0.25, 0.3) is 0 Å². The fraction of sp³-hybridized carbons (Fsp3) is 0.200. The van der Waals surface area contributed by atoms with Crippen molar-refractivity contribution in [3.05, 3.63) is 240 Å². The third kappa shape index (κ3) is 24.7. The van der Waals surface area contributed by atoms with E-state index in [2.05, 4.69) is 95.5 Å². The summed E-state index contributed by atoms with van der Waals surface area (Å²) < 4.78 is 10.8. The molecule has 18 nitrogen and oxygen atoms in total. The van der Waals surface area contributed by atoms with Crippen LogP contribution in [0.1, 0.15) is 106 Å². The van der Waals surface area contributed by atoms with Crippen molar-refractivity contribution >= 4 is 23.9 Å². The number of hydrogen-bond acceptors (Lipinski definition) is 16. The molecule has 2 radical (unpaired) electrons. The van der Waals surface area contributed by atoms with Crippen LogP contribution in [0.4, 0.5) is 0 Å². The fourth-order valence-electron chi connectivity index (χ4n) is 6.72. The van der Waals surface area contributed by atoms with Gasteiger partial charge in [0.15, 0.2) is 0 Å². The molecule has 0 amide bonds. The van der Waals surface area contributed by atoms with Crippen molar-refractivity contribution in [1.82, 2.24) is 29.7 Å². The average Bonchev–Trinajstić information content (AvgIpc) is 3.40. The molecule has 0 aliphatic rings. The van der Waals surface area contributed by atoms with Gasteiger partial charge in [0.1, 0.15) is 23.0 Å². The first-order chi connectivity index (χ1) is 36.2. The first-order valence-corrected chi connectivity index (χ1v) is 23.9. The van der Waals surface area contributed by atoms with Gasteiger partial charge in [0.25, 0.3) is 0 Å². The van der Waals surface area contributed by atoms with Crippen LogP contribution in [0, 0.1) is 0 Å². The molecule has 0 bridgehead atoms. The minimum atomic E-state index is -1.26. The monoisotopic (exact) mass is 1170 g/mol. The van der Waals surface area contributed by atoms with Crippen LogP contribution < -0.4 is 29.9 Å². The van der Waals surface area contributed by atoms with Crippen LogP contribution in [0.15, 0.2) is 195 Å². The molecular weight excluding hydrogens is 1110 g/mol. The molecule has 0 fully saturated rings. The Labute approximate surface area is 486 Å². The molecular formula is C60H64Mn2N6O12+2. The van der Waals surface area contributed by atoms with Crippen molar-refractivity contribution in [2.75, 3.05) is 0 Å². The van der Waals surface area contributed by atoms with Gasteiger partial charge in [0.05, 0.1) is 46.7 Å². The van der Waals surface area contributed by atoms with Gasteiger partial charge in [-0.2, -0.15) is 0 Å². The fourth-order valence-corrected chi connectivity index (χ4v) is 6.72. The summed E-state index contributed by atoms with van der Waals surface area (Å²) in [7, 11) is 0. The van der Waals surface area contributed by atoms with Crippen molar-refractivity contribution in [3.63, 3.8) is 0 Å². The van der Waals surface area contributed by atoms with Crippen molar-refractivity contribution in [2.45, 2.75) is 78.8 Å². The molecule has 0 spiro atoms. The zero-order chi connectivity index (χ0) is 55.1. The van der Waals surface area contributed by atoms with Gasteiger partial charge in [-0.25, -0.2) is 0 Å². The van der Waals surface area contributed by atoms with Gasteiger partial charge in [-0.15, -0.1) is 0 Å². The minimum Gasteiger partial charge on any atom is -0.545 e. The van der Waals surface area contributed by atoms with E-state index >= 15 is 0 Å². The summed E-state index contributed by atoms with van der Waals surface area (Å²) in [5, 5.41) is 42.2. The summed E-state index contributed by atoms with van der Waals surface area (Å²) in [5.41, 5.74) is 4.74. The smallest absolute Gasteiger partial charge is 0.545 e. The molecule has 0 aliphatic heterocycles. The number of aromatic nitrogens is 4. The molecule has 80 heavy (non-hydrogen) atoms. The molecule has 4 aromatic heterocycles. The van der Waals surface area contributed by atoms with Gasteiger partial charge in [-0.3, -0.25) is 29.7 Å². The molecule has 0 aliphatic carbocycles. The van der Waals surface area contributed by atoms with Crippen LogP contribution in [-0.2, 0) is 71.3 Å². The molecule has 4 heterocycles. The number of pyridine rings is 4. The Hall–Kier alpha value is -8.16. The largest absolute Gasteiger partial charge is 2.00 e. The Morgan fingerprint density at radius 1 is 0.350 bits per heavy atom. The Kier molecular flexibility index (Phi) is 30.3. The molecule has 0 unspecified atom stereocenters. The zero-order valence-electron chi connectivity index (χ0n) is 45.0. The van der Waals surface area contributed by atoms with E-state index in [1.165, 1.54) is 97.1 Å². The molecule has 6 N–H and O–H groups in total. The maximum absolute atomic E-state index is 10.6. The van der Waals surface area contributed by atoms with E-state index in [0.717, 1.165) is 49.0 Å².